The molecule has 12 aromatic heterocycles. The Morgan fingerprint density at radius 3 is 1.24 bits per heavy atom. The van der Waals surface area contributed by atoms with E-state index in [1.165, 1.54) is 90.7 Å². The van der Waals surface area contributed by atoms with Gasteiger partial charge in [-0.05, 0) is 147 Å². The van der Waals surface area contributed by atoms with Gasteiger partial charge in [-0.15, -0.1) is 90.7 Å². The monoisotopic (exact) mass is 1920 g/mol. The fraction of sp³-hybridized carbons (Fsp3) is 0.200. The van der Waals surface area contributed by atoms with E-state index < -0.39 is 41.7 Å². The third-order valence-corrected chi connectivity index (χ3v) is 37.8. The van der Waals surface area contributed by atoms with E-state index in [2.05, 4.69) is 0 Å². The van der Waals surface area contributed by atoms with E-state index >= 15 is 9.59 Å². The molecule has 5 fully saturated rings. The van der Waals surface area contributed by atoms with Gasteiger partial charge < -0.3 is 18.9 Å². The highest BCUT2D eigenvalue weighted by Crippen LogP contribution is 2.58. The molecule has 6 atom stereocenters. The molecule has 30 heteroatoms. The van der Waals surface area contributed by atoms with Crippen LogP contribution in [0.15, 0.2) is 209 Å². The Morgan fingerprint density at radius 2 is 0.756 bits per heavy atom. The minimum Gasteiger partial charge on any atom is -0.444 e. The van der Waals surface area contributed by atoms with E-state index in [0.717, 1.165) is 126 Å². The third kappa shape index (κ3) is 13.2. The number of nitrogens with zero attached hydrogens (tertiary/aromatic N) is 7. The maximum Gasteiger partial charge on any atom is 0.419 e. The second-order valence-corrected chi connectivity index (χ2v) is 43.9. The molecule has 7 aliphatic carbocycles. The van der Waals surface area contributed by atoms with Gasteiger partial charge in [-0.25, -0.2) is 52.4 Å². The van der Waals surface area contributed by atoms with Crippen LogP contribution < -0.4 is 0 Å². The average Bonchev–Trinajstić information content (AvgIpc) is 1.52. The van der Waals surface area contributed by atoms with Crippen LogP contribution in [-0.4, -0.2) is 100 Å². The lowest BCUT2D eigenvalue weighted by Gasteiger charge is -2.39. The van der Waals surface area contributed by atoms with Crippen molar-refractivity contribution in [2.45, 2.75) is 97.1 Å². The summed E-state index contributed by atoms with van der Waals surface area (Å²) in [5.74, 6) is -3.39. The summed E-state index contributed by atoms with van der Waals surface area (Å²) < 4.78 is 39.5. The molecule has 0 spiro atoms. The molecule has 135 heavy (non-hydrogen) atoms. The van der Waals surface area contributed by atoms with Crippen molar-refractivity contribution < 1.29 is 71.7 Å². The molecular weight excluding hydrogens is 1860 g/mol. The van der Waals surface area contributed by atoms with Crippen molar-refractivity contribution in [2.75, 3.05) is 0 Å². The van der Waals surface area contributed by atoms with Gasteiger partial charge in [0.25, 0.3) is 0 Å². The van der Waals surface area contributed by atoms with Gasteiger partial charge >= 0.3 is 24.4 Å². The zero-order chi connectivity index (χ0) is 90.8. The number of thiophene rings is 8. The number of benzene rings is 7. The lowest BCUT2D eigenvalue weighted by molar-refractivity contribution is -0.134. The number of hydrogen-bond donors (Lipinski definition) is 0. The summed E-state index contributed by atoms with van der Waals surface area (Å²) in [5, 5.41) is 3.00. The van der Waals surface area contributed by atoms with E-state index in [1.54, 1.807) is 42.5 Å². The normalized spacial score (nSPS) is 19.9. The van der Waals surface area contributed by atoms with E-state index in [-0.39, 0.29) is 102 Å². The summed E-state index contributed by atoms with van der Waals surface area (Å²) in [4.78, 5) is 174. The Bertz CT molecular complexity index is 8690. The fourth-order valence-electron chi connectivity index (χ4n) is 21.6. The topological polar surface area (TPSA) is 281 Å². The quantitative estimate of drug-likeness (QED) is 0.0589. The van der Waals surface area contributed by atoms with Gasteiger partial charge in [0.2, 0.25) is 28.9 Å². The first-order valence-electron chi connectivity index (χ1n) is 44.7. The maximum atomic E-state index is 15.1. The molecule has 0 aliphatic heterocycles. The zero-order valence-electron chi connectivity index (χ0n) is 71.1. The number of ether oxygens (including phenoxy) is 4. The van der Waals surface area contributed by atoms with Gasteiger partial charge in [-0.1, -0.05) is 184 Å². The molecule has 0 N–H and O–H groups in total. The molecule has 19 aromatic rings. The van der Waals surface area contributed by atoms with Gasteiger partial charge in [0.15, 0.2) is 17.3 Å². The second kappa shape index (κ2) is 31.8. The largest absolute Gasteiger partial charge is 0.444 e. The lowest BCUT2D eigenvalue weighted by atomic mass is 9.64. The van der Waals surface area contributed by atoms with Crippen LogP contribution in [0.4, 0.5) is 34.2 Å². The SMILES string of the molecule is O=C1C(=O)C2CCCCC2C1=Nc1cc2c(s1)c1sc3c(sc4c5sc(/C=C6\C(=O)C(=O)c7ccc(-c8ccc9cc%10c(cc9c8)CC(=Nc8cc9c(s8)c8sc%11c(sc%12c%13sc(N=C%14C(=O)C%15CC%16CCCCC%16CC%15C%14=O)cc%13n(C(=O)OCc%13ccccc%13)c%12%11)c8n9C(=O)OCc8ccccc8)C%10=O)cc76)cc5n(C(=O)OCc5ccccc5)c43)c1n2C(=O)OCc1ccccc1. The maximum absolute atomic E-state index is 15.1. The number of hydrogen-bond acceptors (Lipinski definition) is 26. The van der Waals surface area contributed by atoms with Gasteiger partial charge in [0, 0.05) is 51.7 Å². The van der Waals surface area contributed by atoms with Crippen LogP contribution >= 0.6 is 90.7 Å². The Kier molecular flexibility index (Phi) is 19.4. The van der Waals surface area contributed by atoms with Crippen LogP contribution in [0.3, 0.4) is 0 Å². The van der Waals surface area contributed by atoms with Gasteiger partial charge in [0.05, 0.1) is 112 Å². The molecule has 0 radical (unpaired) electrons. The minimum absolute atomic E-state index is 0.0135. The van der Waals surface area contributed by atoms with Crippen molar-refractivity contribution in [3.63, 3.8) is 0 Å². The van der Waals surface area contributed by atoms with E-state index in [0.29, 0.717) is 137 Å². The lowest BCUT2D eigenvalue weighted by Crippen LogP contribution is -2.35. The summed E-state index contributed by atoms with van der Waals surface area (Å²) in [6.45, 7) is -0.110. The van der Waals surface area contributed by atoms with Crippen molar-refractivity contribution in [1.29, 1.82) is 0 Å². The molecule has 7 aliphatic rings. The highest BCUT2D eigenvalue weighted by molar-refractivity contribution is 7.41. The number of allylic oxidation sites excluding steroid dienone is 1. The van der Waals surface area contributed by atoms with Gasteiger partial charge in [0.1, 0.15) is 41.4 Å². The van der Waals surface area contributed by atoms with Crippen molar-refractivity contribution in [3.05, 3.63) is 244 Å². The van der Waals surface area contributed by atoms with Crippen LogP contribution in [0.1, 0.15) is 123 Å². The molecule has 0 bridgehead atoms. The summed E-state index contributed by atoms with van der Waals surface area (Å²) in [5.41, 5.74) is 11.7. The fourth-order valence-corrected chi connectivity index (χ4v) is 32.0. The standard InChI is InChI=1S/C105H69N7O15S8/c113-83-64-35-57-30-29-55(56-31-32-63-65(36-56)68(88(118)86(63)116)40-60-41-70-90(128-60)94-79(109(70)102(120)124-45-49-17-5-1-6-18-49)98-99(132-94)81-96(134-98)92-72(111(81)104(122)126-47-51-21-9-3-10-22-51)43-75(130-92)107-77-61-27-15-16-28-62(61)87(117)89(77)119)33-58(57)34-59(64)39-69(83)106-74-42-71-91(129-74)95-80(110(71)103(121)125-46-50-19-7-2-8-20-50)100-101(133-95)82-97(135-100)93-73(112(82)105(123)127-48-52-23-11-4-12-24-52)44-76(131-93)108-78-84(114)66-37-53-25-13-14-26-54(53)38-67(66)85(78)115/h1-12,17-24,29-36,40-44,53-54,61-62,66-67H,13-16,25-28,37-39,45-48H2/b68-40-,106-69?,107-77?,108-78?. The third-order valence-electron chi connectivity index (χ3n) is 28.0. The van der Waals surface area contributed by atoms with Crippen LogP contribution in [-0.2, 0) is 75.8 Å². The van der Waals surface area contributed by atoms with Crippen LogP contribution in [0, 0.1) is 35.5 Å². The first-order chi connectivity index (χ1) is 65.9. The number of Topliss-reactive ketones (excluding diaryl/α,β-unsaturated/α-hetero) is 7. The number of carbonyl (C=O) groups is 11. The smallest absolute Gasteiger partial charge is 0.419 e. The summed E-state index contributed by atoms with van der Waals surface area (Å²) >= 11 is 11.0. The van der Waals surface area contributed by atoms with Gasteiger partial charge in [-0.3, -0.25) is 33.6 Å². The minimum atomic E-state index is -0.687. The Hall–Kier alpha value is -13.6. The zero-order valence-corrected chi connectivity index (χ0v) is 77.7. The highest BCUT2D eigenvalue weighted by Gasteiger charge is 2.53. The predicted molar refractivity (Wildman–Crippen MR) is 534 cm³/mol. The van der Waals surface area contributed by atoms with Crippen molar-refractivity contribution in [3.8, 4) is 11.1 Å². The Balaban J connectivity index is 0.530. The van der Waals surface area contributed by atoms with Gasteiger partial charge in [-0.2, -0.15) is 0 Å². The number of carbonyl (C=O) groups excluding carboxylic acids is 11. The predicted octanol–water partition coefficient (Wildman–Crippen LogP) is 26.4. The summed E-state index contributed by atoms with van der Waals surface area (Å²) in [6.07, 6.45) is 8.29. The Morgan fingerprint density at radius 1 is 0.341 bits per heavy atom. The number of ketones is 7. The summed E-state index contributed by atoms with van der Waals surface area (Å²) in [6, 6.07) is 59.8. The molecule has 7 aromatic carbocycles. The van der Waals surface area contributed by atoms with E-state index in [9.17, 15) is 43.2 Å². The number of aromatic nitrogens is 4. The number of rotatable bonds is 13. The van der Waals surface area contributed by atoms with Crippen LogP contribution in [0.5, 0.6) is 0 Å². The molecule has 0 amide bonds. The molecule has 26 rings (SSSR count). The van der Waals surface area contributed by atoms with E-state index in [4.69, 9.17) is 33.9 Å². The van der Waals surface area contributed by atoms with Crippen molar-refractivity contribution in [2.24, 2.45) is 50.5 Å². The van der Waals surface area contributed by atoms with Crippen LogP contribution in [0.2, 0.25) is 0 Å². The molecular formula is C105H69N7O15S8. The van der Waals surface area contributed by atoms with Crippen molar-refractivity contribution in [1.82, 2.24) is 18.3 Å². The molecule has 662 valence electrons. The first-order valence-corrected chi connectivity index (χ1v) is 51.2. The number of fused-ring (bicyclic) bond motifs is 24. The summed E-state index contributed by atoms with van der Waals surface area (Å²) in [7, 11) is 0. The molecule has 12 heterocycles. The molecule has 22 nitrogen and oxygen atoms in total. The molecule has 6 unspecified atom stereocenters. The van der Waals surface area contributed by atoms with Crippen molar-refractivity contribution >= 4 is 311 Å². The number of aliphatic imine (C=N–C) groups is 3. The average molecular weight is 1930 g/mol. The van der Waals surface area contributed by atoms with Crippen LogP contribution in [0.25, 0.3) is 134 Å². The highest BCUT2D eigenvalue weighted by atomic mass is 32.1. The second-order valence-electron chi connectivity index (χ2n) is 35.7. The molecule has 5 saturated carbocycles. The molecule has 0 saturated heterocycles. The Labute approximate surface area is 796 Å². The van der Waals surface area contributed by atoms with E-state index in [1.807, 2.05) is 176 Å². The first kappa shape index (κ1) is 82.1.